The van der Waals surface area contributed by atoms with E-state index in [2.05, 4.69) is 22.0 Å². The van der Waals surface area contributed by atoms with Crippen molar-refractivity contribution in [2.75, 3.05) is 6.54 Å². The molecule has 0 saturated carbocycles. The van der Waals surface area contributed by atoms with Crippen LogP contribution in [0.1, 0.15) is 31.7 Å². The summed E-state index contributed by atoms with van der Waals surface area (Å²) < 4.78 is 27.5. The smallest absolute Gasteiger partial charge is 0.207 e. The lowest BCUT2D eigenvalue weighted by molar-refractivity contribution is 0.340. The van der Waals surface area contributed by atoms with Crippen LogP contribution in [0.15, 0.2) is 41.3 Å². The lowest BCUT2D eigenvalue weighted by Gasteiger charge is -2.31. The Balaban J connectivity index is 2.36. The zero-order valence-electron chi connectivity index (χ0n) is 12.5. The molecule has 0 bridgehead atoms. The van der Waals surface area contributed by atoms with Gasteiger partial charge in [0.05, 0.1) is 4.90 Å². The maximum atomic E-state index is 12.9. The minimum atomic E-state index is -3.46. The summed E-state index contributed by atoms with van der Waals surface area (Å²) in [5, 5.41) is 0. The van der Waals surface area contributed by atoms with Crippen LogP contribution in [-0.2, 0) is 10.0 Å². The summed E-state index contributed by atoms with van der Waals surface area (Å²) in [6, 6.07) is 7.05. The van der Waals surface area contributed by atoms with E-state index >= 15 is 0 Å². The average Bonchev–Trinajstić information content (AvgIpc) is 2.46. The number of nitrogens with zero attached hydrogens (tertiary/aromatic N) is 1. The van der Waals surface area contributed by atoms with E-state index in [1.807, 2.05) is 32.1 Å². The fourth-order valence-electron chi connectivity index (χ4n) is 2.54. The largest absolute Gasteiger partial charge is 0.243 e. The summed E-state index contributed by atoms with van der Waals surface area (Å²) in [7, 11) is -3.46. The Labute approximate surface area is 136 Å². The van der Waals surface area contributed by atoms with Gasteiger partial charge in [0.1, 0.15) is 0 Å². The van der Waals surface area contributed by atoms with Crippen LogP contribution in [0.2, 0.25) is 0 Å². The van der Waals surface area contributed by atoms with Gasteiger partial charge in [0.15, 0.2) is 0 Å². The van der Waals surface area contributed by atoms with Gasteiger partial charge in [-0.05, 0) is 38.3 Å². The highest BCUT2D eigenvalue weighted by Crippen LogP contribution is 2.25. The molecule has 5 heteroatoms. The molecule has 1 aromatic rings. The minimum Gasteiger partial charge on any atom is -0.207 e. The SMILES string of the molecule is Cc1ccc(S(=O)(=O)N(CC(C)Br)C2C=CCCC2)cc1. The van der Waals surface area contributed by atoms with E-state index in [-0.39, 0.29) is 10.9 Å². The van der Waals surface area contributed by atoms with Gasteiger partial charge in [-0.2, -0.15) is 4.31 Å². The van der Waals surface area contributed by atoms with E-state index in [0.29, 0.717) is 11.4 Å². The van der Waals surface area contributed by atoms with Crippen LogP contribution in [-0.4, -0.2) is 30.1 Å². The molecule has 0 aromatic heterocycles. The van der Waals surface area contributed by atoms with Crippen LogP contribution < -0.4 is 0 Å². The number of aryl methyl sites for hydroxylation is 1. The molecule has 1 aromatic carbocycles. The topological polar surface area (TPSA) is 37.4 Å². The van der Waals surface area contributed by atoms with E-state index in [1.54, 1.807) is 16.4 Å². The molecule has 2 atom stereocenters. The number of benzene rings is 1. The van der Waals surface area contributed by atoms with Gasteiger partial charge in [-0.1, -0.05) is 52.7 Å². The number of hydrogen-bond acceptors (Lipinski definition) is 2. The van der Waals surface area contributed by atoms with Crippen molar-refractivity contribution in [3.63, 3.8) is 0 Å². The van der Waals surface area contributed by atoms with Crippen LogP contribution >= 0.6 is 15.9 Å². The number of sulfonamides is 1. The van der Waals surface area contributed by atoms with Crippen molar-refractivity contribution in [1.82, 2.24) is 4.31 Å². The van der Waals surface area contributed by atoms with E-state index in [4.69, 9.17) is 0 Å². The third-order valence-corrected chi connectivity index (χ3v) is 5.85. The lowest BCUT2D eigenvalue weighted by atomic mass is 10.0. The number of rotatable bonds is 5. The molecule has 116 valence electrons. The van der Waals surface area contributed by atoms with Gasteiger partial charge >= 0.3 is 0 Å². The number of allylic oxidation sites excluding steroid dienone is 1. The van der Waals surface area contributed by atoms with Crippen LogP contribution in [0.25, 0.3) is 0 Å². The molecule has 1 aliphatic carbocycles. The van der Waals surface area contributed by atoms with Gasteiger partial charge in [0.25, 0.3) is 0 Å². The van der Waals surface area contributed by atoms with Crippen molar-refractivity contribution in [1.29, 1.82) is 0 Å². The molecule has 1 aliphatic rings. The zero-order valence-corrected chi connectivity index (χ0v) is 14.9. The van der Waals surface area contributed by atoms with Crippen molar-refractivity contribution < 1.29 is 8.42 Å². The van der Waals surface area contributed by atoms with Crippen molar-refractivity contribution in [3.05, 3.63) is 42.0 Å². The fraction of sp³-hybridized carbons (Fsp3) is 0.500. The molecule has 21 heavy (non-hydrogen) atoms. The third-order valence-electron chi connectivity index (χ3n) is 3.66. The van der Waals surface area contributed by atoms with Crippen LogP contribution in [0, 0.1) is 6.92 Å². The van der Waals surface area contributed by atoms with E-state index < -0.39 is 10.0 Å². The standard InChI is InChI=1S/C16H22BrNO2S/c1-13-8-10-16(11-9-13)21(19,20)18(12-14(2)17)15-6-4-3-5-7-15/h4,6,8-11,14-15H,3,5,7,12H2,1-2H3. The molecular formula is C16H22BrNO2S. The summed E-state index contributed by atoms with van der Waals surface area (Å²) in [6.07, 6.45) is 7.09. The van der Waals surface area contributed by atoms with Gasteiger partial charge in [-0.25, -0.2) is 8.42 Å². The molecule has 0 fully saturated rings. The highest BCUT2D eigenvalue weighted by atomic mass is 79.9. The second-order valence-electron chi connectivity index (χ2n) is 5.59. The van der Waals surface area contributed by atoms with E-state index in [0.717, 1.165) is 24.8 Å². The fourth-order valence-corrected chi connectivity index (χ4v) is 4.75. The number of hydrogen-bond donors (Lipinski definition) is 0. The molecule has 3 nitrogen and oxygen atoms in total. The van der Waals surface area contributed by atoms with Crippen LogP contribution in [0.4, 0.5) is 0 Å². The van der Waals surface area contributed by atoms with E-state index in [1.165, 1.54) is 0 Å². The highest BCUT2D eigenvalue weighted by Gasteiger charge is 2.31. The molecule has 2 unspecified atom stereocenters. The molecule has 0 heterocycles. The lowest BCUT2D eigenvalue weighted by Crippen LogP contribution is -2.42. The highest BCUT2D eigenvalue weighted by molar-refractivity contribution is 9.09. The minimum absolute atomic E-state index is 0.0370. The Morgan fingerprint density at radius 1 is 1.33 bits per heavy atom. The second-order valence-corrected chi connectivity index (χ2v) is 9.05. The molecule has 0 aliphatic heterocycles. The molecule has 0 amide bonds. The quantitative estimate of drug-likeness (QED) is 0.581. The summed E-state index contributed by atoms with van der Waals surface area (Å²) in [6.45, 7) is 4.41. The first-order valence-corrected chi connectivity index (χ1v) is 9.66. The first kappa shape index (κ1) is 16.7. The summed E-state index contributed by atoms with van der Waals surface area (Å²) in [5.74, 6) is 0. The van der Waals surface area contributed by atoms with Gasteiger partial charge < -0.3 is 0 Å². The summed E-state index contributed by atoms with van der Waals surface area (Å²) >= 11 is 3.49. The third kappa shape index (κ3) is 4.18. The summed E-state index contributed by atoms with van der Waals surface area (Å²) in [5.41, 5.74) is 1.06. The molecule has 2 rings (SSSR count). The van der Waals surface area contributed by atoms with Crippen molar-refractivity contribution in [3.8, 4) is 0 Å². The number of halogens is 1. The van der Waals surface area contributed by atoms with Gasteiger partial charge in [-0.3, -0.25) is 0 Å². The van der Waals surface area contributed by atoms with Gasteiger partial charge in [-0.15, -0.1) is 0 Å². The number of alkyl halides is 1. The Bertz CT molecular complexity index is 593. The molecular weight excluding hydrogens is 350 g/mol. The maximum Gasteiger partial charge on any atom is 0.243 e. The Morgan fingerprint density at radius 2 is 2.00 bits per heavy atom. The Hall–Kier alpha value is -0.650. The predicted molar refractivity (Wildman–Crippen MR) is 90.2 cm³/mol. The van der Waals surface area contributed by atoms with Crippen LogP contribution in [0.3, 0.4) is 0 Å². The van der Waals surface area contributed by atoms with Gasteiger partial charge in [0.2, 0.25) is 10.0 Å². The zero-order chi connectivity index (χ0) is 15.5. The van der Waals surface area contributed by atoms with Crippen molar-refractivity contribution in [2.24, 2.45) is 0 Å². The average molecular weight is 372 g/mol. The van der Waals surface area contributed by atoms with Gasteiger partial charge in [0, 0.05) is 17.4 Å². The maximum absolute atomic E-state index is 12.9. The Morgan fingerprint density at radius 3 is 2.52 bits per heavy atom. The molecule has 0 saturated heterocycles. The molecule has 0 radical (unpaired) electrons. The summed E-state index contributed by atoms with van der Waals surface area (Å²) in [4.78, 5) is 0.494. The predicted octanol–water partition coefficient (Wildman–Crippen LogP) is 3.88. The Kier molecular flexibility index (Phi) is 5.63. The van der Waals surface area contributed by atoms with Crippen LogP contribution in [0.5, 0.6) is 0 Å². The first-order chi connectivity index (χ1) is 9.91. The second kappa shape index (κ2) is 7.07. The monoisotopic (exact) mass is 371 g/mol. The van der Waals surface area contributed by atoms with Crippen molar-refractivity contribution in [2.45, 2.75) is 48.9 Å². The van der Waals surface area contributed by atoms with Crippen molar-refractivity contribution >= 4 is 26.0 Å². The normalized spacial score (nSPS) is 20.7. The molecule has 0 spiro atoms. The molecule has 0 N–H and O–H groups in total. The van der Waals surface area contributed by atoms with E-state index in [9.17, 15) is 8.42 Å². The first-order valence-electron chi connectivity index (χ1n) is 7.30.